The van der Waals surface area contributed by atoms with Crippen molar-refractivity contribution in [1.29, 1.82) is 0 Å². The highest BCUT2D eigenvalue weighted by atomic mass is 19.4. The third-order valence-corrected chi connectivity index (χ3v) is 6.05. The summed E-state index contributed by atoms with van der Waals surface area (Å²) in [6.07, 6.45) is 2.70. The summed E-state index contributed by atoms with van der Waals surface area (Å²) in [5, 5.41) is 18.7. The molecule has 180 valence electrons. The minimum atomic E-state index is -4.66. The Hall–Kier alpha value is -3.34. The van der Waals surface area contributed by atoms with Crippen molar-refractivity contribution in [1.82, 2.24) is 19.7 Å². The van der Waals surface area contributed by atoms with Crippen molar-refractivity contribution < 1.29 is 27.9 Å². The number of fused-ring (bicyclic) bond motifs is 1. The highest BCUT2D eigenvalue weighted by molar-refractivity contribution is 6.04. The SMILES string of the molecule is CC(C)(O)c1cc2nn([C@H]3CC[C@H](C=O)CC3)cc2cc1NC(=O)c1cnc(C(F)(F)F)cn1. The molecule has 0 saturated heterocycles. The van der Waals surface area contributed by atoms with Gasteiger partial charge in [-0.2, -0.15) is 18.3 Å². The van der Waals surface area contributed by atoms with Crippen LogP contribution in [0.4, 0.5) is 18.9 Å². The number of alkyl halides is 3. The van der Waals surface area contributed by atoms with Gasteiger partial charge in [-0.05, 0) is 51.7 Å². The topological polar surface area (TPSA) is 110 Å². The number of hydrogen-bond acceptors (Lipinski definition) is 6. The van der Waals surface area contributed by atoms with E-state index in [-0.39, 0.29) is 23.3 Å². The fourth-order valence-electron chi connectivity index (χ4n) is 4.17. The molecule has 1 aromatic carbocycles. The molecule has 2 aromatic heterocycles. The van der Waals surface area contributed by atoms with Crippen molar-refractivity contribution in [3.63, 3.8) is 0 Å². The number of aromatic nitrogens is 4. The van der Waals surface area contributed by atoms with Gasteiger partial charge in [0, 0.05) is 28.8 Å². The van der Waals surface area contributed by atoms with Crippen LogP contribution in [0.1, 0.15) is 67.3 Å². The quantitative estimate of drug-likeness (QED) is 0.534. The molecule has 2 heterocycles. The summed E-state index contributed by atoms with van der Waals surface area (Å²) in [6.45, 7) is 3.11. The van der Waals surface area contributed by atoms with Crippen molar-refractivity contribution in [3.8, 4) is 0 Å². The molecule has 0 unspecified atom stereocenters. The van der Waals surface area contributed by atoms with Gasteiger partial charge in [-0.25, -0.2) is 9.97 Å². The molecule has 0 aliphatic heterocycles. The summed E-state index contributed by atoms with van der Waals surface area (Å²) in [5.41, 5.74) is -1.52. The molecule has 0 spiro atoms. The number of carbonyl (C=O) groups excluding carboxylic acids is 2. The molecule has 34 heavy (non-hydrogen) atoms. The molecular weight excluding hydrogens is 451 g/mol. The molecule has 1 fully saturated rings. The van der Waals surface area contributed by atoms with E-state index in [2.05, 4.69) is 20.4 Å². The summed E-state index contributed by atoms with van der Waals surface area (Å²) in [4.78, 5) is 30.5. The molecule has 4 rings (SSSR count). The van der Waals surface area contributed by atoms with Crippen LogP contribution in [0.5, 0.6) is 0 Å². The van der Waals surface area contributed by atoms with Crippen molar-refractivity contribution in [2.45, 2.75) is 57.3 Å². The van der Waals surface area contributed by atoms with Gasteiger partial charge >= 0.3 is 6.18 Å². The lowest BCUT2D eigenvalue weighted by atomic mass is 9.87. The van der Waals surface area contributed by atoms with Crippen LogP contribution in [0, 0.1) is 5.92 Å². The number of rotatable bonds is 5. The maximum absolute atomic E-state index is 12.7. The largest absolute Gasteiger partial charge is 0.434 e. The second-order valence-electron chi connectivity index (χ2n) is 9.07. The Morgan fingerprint density at radius 3 is 2.41 bits per heavy atom. The molecule has 1 aliphatic rings. The number of carbonyl (C=O) groups is 2. The van der Waals surface area contributed by atoms with E-state index in [1.165, 1.54) is 0 Å². The highest BCUT2D eigenvalue weighted by Gasteiger charge is 2.33. The summed E-state index contributed by atoms with van der Waals surface area (Å²) in [6, 6.07) is 3.49. The Morgan fingerprint density at radius 2 is 1.85 bits per heavy atom. The Bertz CT molecular complexity index is 1210. The van der Waals surface area contributed by atoms with E-state index < -0.39 is 23.4 Å². The molecule has 8 nitrogen and oxygen atoms in total. The van der Waals surface area contributed by atoms with E-state index in [1.807, 2.05) is 10.9 Å². The number of amides is 1. The van der Waals surface area contributed by atoms with Gasteiger partial charge in [-0.15, -0.1) is 0 Å². The lowest BCUT2D eigenvalue weighted by molar-refractivity contribution is -0.141. The number of benzene rings is 1. The monoisotopic (exact) mass is 475 g/mol. The number of halogens is 3. The summed E-state index contributed by atoms with van der Waals surface area (Å²) in [7, 11) is 0. The van der Waals surface area contributed by atoms with Crippen molar-refractivity contribution in [2.24, 2.45) is 5.92 Å². The first-order valence-corrected chi connectivity index (χ1v) is 10.9. The van der Waals surface area contributed by atoms with E-state index in [0.717, 1.165) is 43.6 Å². The van der Waals surface area contributed by atoms with Crippen LogP contribution < -0.4 is 5.32 Å². The molecule has 2 N–H and O–H groups in total. The third kappa shape index (κ3) is 4.93. The van der Waals surface area contributed by atoms with Crippen LogP contribution in [0.15, 0.2) is 30.7 Å². The zero-order valence-corrected chi connectivity index (χ0v) is 18.6. The van der Waals surface area contributed by atoms with Crippen LogP contribution in [0.25, 0.3) is 10.9 Å². The first kappa shape index (κ1) is 23.8. The number of nitrogens with one attached hydrogen (secondary N) is 1. The normalized spacial score (nSPS) is 19.2. The molecule has 1 aliphatic carbocycles. The molecule has 0 radical (unpaired) electrons. The molecule has 1 amide bonds. The molecule has 11 heteroatoms. The zero-order valence-electron chi connectivity index (χ0n) is 18.6. The number of nitrogens with zero attached hydrogens (tertiary/aromatic N) is 4. The van der Waals surface area contributed by atoms with Gasteiger partial charge in [0.1, 0.15) is 12.0 Å². The average Bonchev–Trinajstić information content (AvgIpc) is 3.20. The van der Waals surface area contributed by atoms with Gasteiger partial charge in [0.15, 0.2) is 5.69 Å². The van der Waals surface area contributed by atoms with E-state index >= 15 is 0 Å². The zero-order chi connectivity index (χ0) is 24.7. The first-order valence-electron chi connectivity index (χ1n) is 10.9. The average molecular weight is 475 g/mol. The number of aliphatic hydroxyl groups is 1. The van der Waals surface area contributed by atoms with E-state index in [9.17, 15) is 27.9 Å². The summed E-state index contributed by atoms with van der Waals surface area (Å²) < 4.78 is 40.0. The van der Waals surface area contributed by atoms with Crippen LogP contribution in [0.2, 0.25) is 0 Å². The lowest BCUT2D eigenvalue weighted by Crippen LogP contribution is -2.22. The standard InChI is InChI=1S/C23H24F3N5O3/c1-22(2,34)16-8-17-14(11-31(30-17)15-5-3-13(12-32)4-6-15)7-18(16)29-21(33)19-9-28-20(10-27-19)23(24,25)26/h7-13,15,34H,3-6H2,1-2H3,(H,29,33)/t13-,15-. The van der Waals surface area contributed by atoms with E-state index in [1.54, 1.807) is 26.0 Å². The minimum Gasteiger partial charge on any atom is -0.386 e. The van der Waals surface area contributed by atoms with E-state index in [0.29, 0.717) is 17.3 Å². The molecule has 0 bridgehead atoms. The fraction of sp³-hybridized carbons (Fsp3) is 0.435. The molecule has 3 aromatic rings. The first-order chi connectivity index (χ1) is 16.0. The van der Waals surface area contributed by atoms with Crippen molar-refractivity contribution in [2.75, 3.05) is 5.32 Å². The van der Waals surface area contributed by atoms with Crippen molar-refractivity contribution in [3.05, 3.63) is 47.7 Å². The smallest absolute Gasteiger partial charge is 0.386 e. The Labute approximate surface area is 193 Å². The number of aldehydes is 1. The van der Waals surface area contributed by atoms with Crippen LogP contribution in [0.3, 0.4) is 0 Å². The maximum Gasteiger partial charge on any atom is 0.434 e. The number of hydrogen-bond donors (Lipinski definition) is 2. The number of anilines is 1. The predicted molar refractivity (Wildman–Crippen MR) is 117 cm³/mol. The predicted octanol–water partition coefficient (Wildman–Crippen LogP) is 4.26. The van der Waals surface area contributed by atoms with Crippen LogP contribution in [-0.2, 0) is 16.6 Å². The second kappa shape index (κ2) is 8.79. The Morgan fingerprint density at radius 1 is 1.15 bits per heavy atom. The van der Waals surface area contributed by atoms with Gasteiger partial charge in [-0.1, -0.05) is 0 Å². The van der Waals surface area contributed by atoms with Gasteiger partial charge < -0.3 is 15.2 Å². The van der Waals surface area contributed by atoms with Gasteiger partial charge in [0.05, 0.1) is 29.6 Å². The Balaban J connectivity index is 1.63. The summed E-state index contributed by atoms with van der Waals surface area (Å²) in [5.74, 6) is -0.677. The van der Waals surface area contributed by atoms with Gasteiger partial charge in [0.2, 0.25) is 0 Å². The second-order valence-corrected chi connectivity index (χ2v) is 9.07. The minimum absolute atomic E-state index is 0.0816. The Kier molecular flexibility index (Phi) is 6.15. The van der Waals surface area contributed by atoms with Crippen LogP contribution >= 0.6 is 0 Å². The lowest BCUT2D eigenvalue weighted by Gasteiger charge is -2.25. The molecule has 0 atom stereocenters. The molecule has 1 saturated carbocycles. The third-order valence-electron chi connectivity index (χ3n) is 6.05. The molecular formula is C23H24F3N5O3. The highest BCUT2D eigenvalue weighted by Crippen LogP contribution is 2.35. The van der Waals surface area contributed by atoms with Gasteiger partial charge in [-0.3, -0.25) is 9.48 Å². The summed E-state index contributed by atoms with van der Waals surface area (Å²) >= 11 is 0. The van der Waals surface area contributed by atoms with Crippen LogP contribution in [-0.4, -0.2) is 37.0 Å². The fourth-order valence-corrected chi connectivity index (χ4v) is 4.17. The van der Waals surface area contributed by atoms with Crippen molar-refractivity contribution >= 4 is 28.8 Å². The van der Waals surface area contributed by atoms with E-state index in [4.69, 9.17) is 0 Å². The van der Waals surface area contributed by atoms with Gasteiger partial charge in [0.25, 0.3) is 5.91 Å². The maximum atomic E-state index is 12.7.